The molecule has 6 atom stereocenters. The lowest BCUT2D eigenvalue weighted by Gasteiger charge is -2.57. The molecule has 3 fully saturated rings. The van der Waals surface area contributed by atoms with Gasteiger partial charge in [-0.05, 0) is 106 Å². The van der Waals surface area contributed by atoms with Crippen molar-refractivity contribution in [2.75, 3.05) is 0 Å². The van der Waals surface area contributed by atoms with Crippen molar-refractivity contribution in [1.29, 1.82) is 0 Å². The van der Waals surface area contributed by atoms with Crippen LogP contribution in [0.3, 0.4) is 0 Å². The quantitative estimate of drug-likeness (QED) is 0.238. The highest BCUT2D eigenvalue weighted by atomic mass is 35.5. The number of alkyl halides is 1. The van der Waals surface area contributed by atoms with Crippen LogP contribution in [-0.2, 0) is 0 Å². The van der Waals surface area contributed by atoms with E-state index in [9.17, 15) is 0 Å². The molecule has 0 nitrogen and oxygen atoms in total. The first-order valence-electron chi connectivity index (χ1n) is 12.8. The molecule has 0 saturated heterocycles. The zero-order valence-electron chi connectivity index (χ0n) is 19.8. The average Bonchev–Trinajstić information content (AvgIpc) is 3.03. The maximum atomic E-state index is 6.56. The molecule has 4 rings (SSSR count). The summed E-state index contributed by atoms with van der Waals surface area (Å²) >= 11 is 6.56. The highest BCUT2D eigenvalue weighted by Gasteiger charge is 2.57. The number of unbranched alkanes of at least 4 members (excludes halogenated alkanes) is 1. The molecule has 1 unspecified atom stereocenters. The Kier molecular flexibility index (Phi) is 6.34. The van der Waals surface area contributed by atoms with Gasteiger partial charge in [0.15, 0.2) is 0 Å². The van der Waals surface area contributed by atoms with Crippen molar-refractivity contribution in [3.05, 3.63) is 22.8 Å². The molecule has 0 N–H and O–H groups in total. The number of hydrogen-bond acceptors (Lipinski definition) is 0. The molecule has 0 aromatic heterocycles. The third-order valence-electron chi connectivity index (χ3n) is 9.93. The molecule has 164 valence electrons. The van der Waals surface area contributed by atoms with E-state index in [-0.39, 0.29) is 0 Å². The normalized spacial score (nSPS) is 43.5. The van der Waals surface area contributed by atoms with Gasteiger partial charge in [0.05, 0.1) is 0 Å². The molecule has 0 aromatic rings. The Balaban J connectivity index is 1.51. The summed E-state index contributed by atoms with van der Waals surface area (Å²) in [5.41, 5.74) is 6.32. The van der Waals surface area contributed by atoms with Crippen molar-refractivity contribution in [2.45, 2.75) is 117 Å². The van der Waals surface area contributed by atoms with Crippen LogP contribution in [-0.4, -0.2) is 5.38 Å². The summed E-state index contributed by atoms with van der Waals surface area (Å²) in [6.45, 7) is 12.5. The first-order chi connectivity index (χ1) is 13.8. The summed E-state index contributed by atoms with van der Waals surface area (Å²) in [6.07, 6.45) is 18.9. The van der Waals surface area contributed by atoms with E-state index in [0.717, 1.165) is 30.1 Å². The number of halogens is 1. The van der Waals surface area contributed by atoms with Crippen molar-refractivity contribution < 1.29 is 0 Å². The van der Waals surface area contributed by atoms with Crippen LogP contribution < -0.4 is 0 Å². The standard InChI is InChI=1S/C28H45Cl/c1-19(2)8-6-7-9-20(3)24-12-13-25-23-11-10-21-18-22(29)14-16-27(21,4)26(23)15-17-28(24,25)5/h10,19,22-23,25-26H,6-9,11-18H2,1-5H3/b24-20+/t22-,23-,25-,26-,27?,28+/m0/s1. The van der Waals surface area contributed by atoms with Gasteiger partial charge in [0.25, 0.3) is 0 Å². The van der Waals surface area contributed by atoms with Crippen LogP contribution >= 0.6 is 11.6 Å². The van der Waals surface area contributed by atoms with E-state index in [1.165, 1.54) is 70.6 Å². The second-order valence-corrected chi connectivity index (χ2v) is 12.6. The zero-order chi connectivity index (χ0) is 20.8. The molecule has 0 heterocycles. The topological polar surface area (TPSA) is 0 Å². The molecule has 4 aliphatic rings. The van der Waals surface area contributed by atoms with Gasteiger partial charge in [-0.3, -0.25) is 0 Å². The van der Waals surface area contributed by atoms with Crippen molar-refractivity contribution in [3.8, 4) is 0 Å². The predicted octanol–water partition coefficient (Wildman–Crippen LogP) is 9.09. The Morgan fingerprint density at radius 3 is 2.55 bits per heavy atom. The van der Waals surface area contributed by atoms with Crippen molar-refractivity contribution >= 4 is 11.6 Å². The summed E-state index contributed by atoms with van der Waals surface area (Å²) in [4.78, 5) is 0. The summed E-state index contributed by atoms with van der Waals surface area (Å²) < 4.78 is 0. The minimum Gasteiger partial charge on any atom is -0.123 e. The fourth-order valence-corrected chi connectivity index (χ4v) is 8.50. The molecule has 0 radical (unpaired) electrons. The molecular weight excluding hydrogens is 372 g/mol. The first-order valence-corrected chi connectivity index (χ1v) is 13.2. The van der Waals surface area contributed by atoms with Gasteiger partial charge in [-0.2, -0.15) is 0 Å². The van der Waals surface area contributed by atoms with Gasteiger partial charge < -0.3 is 0 Å². The summed E-state index contributed by atoms with van der Waals surface area (Å²) in [5, 5.41) is 0.388. The van der Waals surface area contributed by atoms with E-state index >= 15 is 0 Å². The van der Waals surface area contributed by atoms with E-state index in [0.29, 0.717) is 16.2 Å². The lowest BCUT2D eigenvalue weighted by molar-refractivity contribution is -0.0135. The highest BCUT2D eigenvalue weighted by Crippen LogP contribution is 2.66. The van der Waals surface area contributed by atoms with Crippen LogP contribution in [0.25, 0.3) is 0 Å². The van der Waals surface area contributed by atoms with E-state index in [2.05, 4.69) is 40.7 Å². The zero-order valence-corrected chi connectivity index (χ0v) is 20.6. The molecule has 29 heavy (non-hydrogen) atoms. The molecule has 0 amide bonds. The van der Waals surface area contributed by atoms with E-state index in [4.69, 9.17) is 11.6 Å². The molecule has 3 saturated carbocycles. The molecular formula is C28H45Cl. The van der Waals surface area contributed by atoms with E-state index in [1.54, 1.807) is 11.1 Å². The fraction of sp³-hybridized carbons (Fsp3) is 0.857. The Morgan fingerprint density at radius 2 is 1.79 bits per heavy atom. The monoisotopic (exact) mass is 416 g/mol. The highest BCUT2D eigenvalue weighted by molar-refractivity contribution is 6.20. The number of fused-ring (bicyclic) bond motifs is 5. The van der Waals surface area contributed by atoms with Crippen molar-refractivity contribution in [1.82, 2.24) is 0 Å². The Bertz CT molecular complexity index is 670. The van der Waals surface area contributed by atoms with E-state index < -0.39 is 0 Å². The SMILES string of the molecule is C/C(CCCCC(C)C)=C1/CC[C@H]2[C@@H]3CC=C4C[C@@H](Cl)CCC4(C)[C@H]3CC[C@]12C. The molecule has 1 heteroatoms. The number of rotatable bonds is 5. The van der Waals surface area contributed by atoms with Crippen LogP contribution in [0.1, 0.15) is 112 Å². The lowest BCUT2D eigenvalue weighted by Crippen LogP contribution is -2.49. The first kappa shape index (κ1) is 22.0. The molecule has 4 aliphatic carbocycles. The van der Waals surface area contributed by atoms with Crippen molar-refractivity contribution in [3.63, 3.8) is 0 Å². The van der Waals surface area contributed by atoms with Gasteiger partial charge in [0.2, 0.25) is 0 Å². The molecule has 0 aliphatic heterocycles. The summed E-state index contributed by atoms with van der Waals surface area (Å²) in [7, 11) is 0. The molecule has 0 bridgehead atoms. The number of allylic oxidation sites excluding steroid dienone is 4. The van der Waals surface area contributed by atoms with Gasteiger partial charge in [-0.25, -0.2) is 0 Å². The minimum absolute atomic E-state index is 0.388. The third kappa shape index (κ3) is 3.90. The fourth-order valence-electron chi connectivity index (χ4n) is 8.22. The van der Waals surface area contributed by atoms with Crippen LogP contribution in [0.15, 0.2) is 22.8 Å². The molecule has 0 aromatic carbocycles. The lowest BCUT2D eigenvalue weighted by atomic mass is 9.48. The maximum absolute atomic E-state index is 6.56. The van der Waals surface area contributed by atoms with E-state index in [1.807, 2.05) is 5.57 Å². The van der Waals surface area contributed by atoms with Gasteiger partial charge in [-0.15, -0.1) is 11.6 Å². The smallest absolute Gasteiger partial charge is 0.0373 e. The largest absolute Gasteiger partial charge is 0.123 e. The van der Waals surface area contributed by atoms with Crippen LogP contribution in [0, 0.1) is 34.5 Å². The summed E-state index contributed by atoms with van der Waals surface area (Å²) in [5.74, 6) is 3.60. The third-order valence-corrected chi connectivity index (χ3v) is 10.3. The molecule has 0 spiro atoms. The van der Waals surface area contributed by atoms with Gasteiger partial charge in [0, 0.05) is 5.38 Å². The minimum atomic E-state index is 0.388. The predicted molar refractivity (Wildman–Crippen MR) is 127 cm³/mol. The second kappa shape index (κ2) is 8.37. The van der Waals surface area contributed by atoms with Gasteiger partial charge in [0.1, 0.15) is 0 Å². The Morgan fingerprint density at radius 1 is 1.07 bits per heavy atom. The Hall–Kier alpha value is -0.230. The Labute approximate surface area is 185 Å². The van der Waals surface area contributed by atoms with Gasteiger partial charge in [-0.1, -0.05) is 63.3 Å². The van der Waals surface area contributed by atoms with Crippen LogP contribution in [0.4, 0.5) is 0 Å². The average molecular weight is 417 g/mol. The maximum Gasteiger partial charge on any atom is 0.0373 e. The van der Waals surface area contributed by atoms with Crippen LogP contribution in [0.2, 0.25) is 0 Å². The summed E-state index contributed by atoms with van der Waals surface area (Å²) in [6, 6.07) is 0. The number of hydrogen-bond donors (Lipinski definition) is 0. The van der Waals surface area contributed by atoms with Gasteiger partial charge >= 0.3 is 0 Å². The second-order valence-electron chi connectivity index (χ2n) is 12.0. The van der Waals surface area contributed by atoms with Crippen LogP contribution in [0.5, 0.6) is 0 Å². The van der Waals surface area contributed by atoms with Crippen molar-refractivity contribution in [2.24, 2.45) is 34.5 Å².